The molecule has 0 saturated carbocycles. The van der Waals surface area contributed by atoms with E-state index in [1.54, 1.807) is 6.08 Å². The third kappa shape index (κ3) is 30.2. The minimum Gasteiger partial charge on any atom is -0.394 e. The molecule has 3 heterocycles. The summed E-state index contributed by atoms with van der Waals surface area (Å²) in [7, 11) is 0. The van der Waals surface area contributed by atoms with Crippen LogP contribution >= 0.6 is 0 Å². The van der Waals surface area contributed by atoms with Gasteiger partial charge in [-0.2, -0.15) is 0 Å². The molecule has 3 saturated heterocycles. The molecule has 17 unspecified atom stereocenters. The van der Waals surface area contributed by atoms with Crippen molar-refractivity contribution in [3.63, 3.8) is 0 Å². The number of aliphatic hydroxyl groups excluding tert-OH is 11. The first-order valence-corrected chi connectivity index (χ1v) is 32.7. The first-order valence-electron chi connectivity index (χ1n) is 32.7. The molecule has 3 rings (SSSR count). The molecule has 0 aromatic heterocycles. The number of allylic oxidation sites excluding steroid dienone is 5. The molecule has 3 aliphatic rings. The van der Waals surface area contributed by atoms with E-state index in [-0.39, 0.29) is 18.9 Å². The highest BCUT2D eigenvalue weighted by molar-refractivity contribution is 5.76. The quantitative estimate of drug-likeness (QED) is 0.0211. The van der Waals surface area contributed by atoms with Crippen LogP contribution in [0.3, 0.4) is 0 Å². The zero-order valence-corrected chi connectivity index (χ0v) is 50.9. The van der Waals surface area contributed by atoms with Crippen molar-refractivity contribution in [2.24, 2.45) is 0 Å². The number of unbranched alkanes of at least 4 members (excludes halogenated alkanes) is 29. The Balaban J connectivity index is 1.38. The molecule has 19 nitrogen and oxygen atoms in total. The predicted octanol–water partition coefficient (Wildman–Crippen LogP) is 7.27. The second kappa shape index (κ2) is 47.1. The maximum atomic E-state index is 13.3. The Kier molecular flexibility index (Phi) is 42.7. The van der Waals surface area contributed by atoms with Gasteiger partial charge in [-0.25, -0.2) is 0 Å². The van der Waals surface area contributed by atoms with Crippen molar-refractivity contribution in [3.8, 4) is 0 Å². The fourth-order valence-corrected chi connectivity index (χ4v) is 11.1. The normalized spacial score (nSPS) is 29.6. The van der Waals surface area contributed by atoms with Crippen molar-refractivity contribution in [2.45, 2.75) is 336 Å². The number of amides is 1. The Morgan fingerprint density at radius 3 is 1.19 bits per heavy atom. The molecule has 83 heavy (non-hydrogen) atoms. The largest absolute Gasteiger partial charge is 0.394 e. The number of ether oxygens (including phenoxy) is 6. The summed E-state index contributed by atoms with van der Waals surface area (Å²) in [5.74, 6) is -0.289. The molecule has 3 aliphatic heterocycles. The van der Waals surface area contributed by atoms with E-state index in [0.29, 0.717) is 12.8 Å². The Hall–Kier alpha value is -1.99. The van der Waals surface area contributed by atoms with Crippen molar-refractivity contribution in [1.29, 1.82) is 0 Å². The summed E-state index contributed by atoms with van der Waals surface area (Å²) in [6.45, 7) is 1.58. The lowest BCUT2D eigenvalue weighted by Crippen LogP contribution is -2.66. The van der Waals surface area contributed by atoms with Crippen molar-refractivity contribution < 1.29 is 89.4 Å². The molecule has 0 bridgehead atoms. The number of rotatable bonds is 49. The second-order valence-corrected chi connectivity index (χ2v) is 23.5. The van der Waals surface area contributed by atoms with Crippen LogP contribution in [0.15, 0.2) is 36.5 Å². The maximum Gasteiger partial charge on any atom is 0.220 e. The standard InChI is InChI=1S/C64H117NO18/c1-3-5-7-9-11-13-15-16-17-18-19-20-21-22-23-24-25-26-27-28-29-30-31-32-34-36-38-40-42-52(70)65-47(48(69)41-39-37-35-33-14-12-10-8-6-4-2)46-78-62-58(76)55(73)60(50(44-67)80-62)83-64-59(77)56(74)61(51(45-68)81-64)82-63-57(75)54(72)53(71)49(43-66)79-63/h6,8,14,33,39,41,47-51,53-64,66-69,71-77H,3-5,7,9-13,15-32,34-38,40,42-46H2,1-2H3,(H,65,70)/b8-6+,33-14+,41-39+. The lowest BCUT2D eigenvalue weighted by atomic mass is 9.96. The number of hydrogen-bond acceptors (Lipinski definition) is 18. The minimum atomic E-state index is -1.98. The van der Waals surface area contributed by atoms with Gasteiger partial charge < -0.3 is 89.9 Å². The topological polar surface area (TPSA) is 307 Å². The van der Waals surface area contributed by atoms with E-state index in [4.69, 9.17) is 28.4 Å². The Bertz CT molecular complexity index is 1660. The van der Waals surface area contributed by atoms with E-state index in [2.05, 4.69) is 43.5 Å². The van der Waals surface area contributed by atoms with Crippen LogP contribution in [-0.2, 0) is 33.2 Å². The highest BCUT2D eigenvalue weighted by atomic mass is 16.8. The van der Waals surface area contributed by atoms with Crippen molar-refractivity contribution >= 4 is 5.91 Å². The molecule has 0 radical (unpaired) electrons. The van der Waals surface area contributed by atoms with Crippen molar-refractivity contribution in [2.75, 3.05) is 26.4 Å². The summed E-state index contributed by atoms with van der Waals surface area (Å²) in [5.41, 5.74) is 0. The van der Waals surface area contributed by atoms with Gasteiger partial charge in [0, 0.05) is 6.42 Å². The molecule has 0 spiro atoms. The smallest absolute Gasteiger partial charge is 0.220 e. The van der Waals surface area contributed by atoms with Gasteiger partial charge in [-0.3, -0.25) is 4.79 Å². The molecule has 0 aromatic rings. The van der Waals surface area contributed by atoms with Crippen LogP contribution in [0, 0.1) is 0 Å². The van der Waals surface area contributed by atoms with Crippen LogP contribution in [0.25, 0.3) is 0 Å². The number of nitrogens with one attached hydrogen (secondary N) is 1. The summed E-state index contributed by atoms with van der Waals surface area (Å²) in [4.78, 5) is 13.3. The van der Waals surface area contributed by atoms with Crippen LogP contribution in [0.5, 0.6) is 0 Å². The van der Waals surface area contributed by atoms with Crippen LogP contribution in [-0.4, -0.2) is 193 Å². The Labute approximate surface area is 498 Å². The summed E-state index contributed by atoms with van der Waals surface area (Å²) >= 11 is 0. The van der Waals surface area contributed by atoms with Crippen LogP contribution in [0.2, 0.25) is 0 Å². The van der Waals surface area contributed by atoms with Crippen LogP contribution < -0.4 is 5.32 Å². The van der Waals surface area contributed by atoms with Gasteiger partial charge in [0.2, 0.25) is 5.91 Å². The number of aliphatic hydroxyl groups is 11. The Morgan fingerprint density at radius 1 is 0.434 bits per heavy atom. The Morgan fingerprint density at radius 2 is 0.783 bits per heavy atom. The van der Waals surface area contributed by atoms with Gasteiger partial charge in [-0.1, -0.05) is 224 Å². The van der Waals surface area contributed by atoms with Gasteiger partial charge in [0.25, 0.3) is 0 Å². The summed E-state index contributed by atoms with van der Waals surface area (Å²) in [6.07, 6.45) is 26.1. The SMILES string of the molecule is CC/C=C/CC/C=C/CC/C=C/C(O)C(COC1OC(CO)C(OC2OC(CO)C(OC3OC(CO)C(O)C(O)C3O)C(O)C2O)C(O)C1O)NC(=O)CCCCCCCCCCCCCCCCCCCCCCCCCCCCCC. The van der Waals surface area contributed by atoms with Crippen LogP contribution in [0.4, 0.5) is 0 Å². The molecular weight excluding hydrogens is 1070 g/mol. The first-order chi connectivity index (χ1) is 40.3. The monoisotopic (exact) mass is 1190 g/mol. The molecule has 17 atom stereocenters. The number of hydrogen-bond donors (Lipinski definition) is 12. The number of carbonyl (C=O) groups is 1. The lowest BCUT2D eigenvalue weighted by Gasteiger charge is -2.48. The molecule has 486 valence electrons. The van der Waals surface area contributed by atoms with E-state index in [1.165, 1.54) is 154 Å². The highest BCUT2D eigenvalue weighted by Crippen LogP contribution is 2.33. The van der Waals surface area contributed by atoms with Gasteiger partial charge in [-0.05, 0) is 38.5 Å². The number of carbonyl (C=O) groups excluding carboxylic acids is 1. The maximum absolute atomic E-state index is 13.3. The fourth-order valence-electron chi connectivity index (χ4n) is 11.1. The summed E-state index contributed by atoms with van der Waals surface area (Å²) < 4.78 is 34.2. The molecule has 3 fully saturated rings. The van der Waals surface area contributed by atoms with Gasteiger partial charge in [0.05, 0.1) is 38.6 Å². The van der Waals surface area contributed by atoms with Crippen molar-refractivity contribution in [3.05, 3.63) is 36.5 Å². The van der Waals surface area contributed by atoms with Crippen LogP contribution in [0.1, 0.15) is 232 Å². The molecule has 19 heteroatoms. The van der Waals surface area contributed by atoms with Gasteiger partial charge in [0.1, 0.15) is 73.2 Å². The molecule has 12 N–H and O–H groups in total. The fraction of sp³-hybridized carbons (Fsp3) is 0.891. The lowest BCUT2D eigenvalue weighted by molar-refractivity contribution is -0.379. The predicted molar refractivity (Wildman–Crippen MR) is 319 cm³/mol. The third-order valence-corrected chi connectivity index (χ3v) is 16.4. The highest BCUT2D eigenvalue weighted by Gasteiger charge is 2.53. The van der Waals surface area contributed by atoms with E-state index in [1.807, 2.05) is 6.08 Å². The van der Waals surface area contributed by atoms with Crippen molar-refractivity contribution in [1.82, 2.24) is 5.32 Å². The minimum absolute atomic E-state index is 0.235. The molecule has 0 aliphatic carbocycles. The zero-order valence-electron chi connectivity index (χ0n) is 50.9. The van der Waals surface area contributed by atoms with E-state index < -0.39 is 124 Å². The van der Waals surface area contributed by atoms with Gasteiger partial charge >= 0.3 is 0 Å². The molecule has 0 aromatic carbocycles. The summed E-state index contributed by atoms with van der Waals surface area (Å²) in [6, 6.07) is -0.992. The van der Waals surface area contributed by atoms with E-state index >= 15 is 0 Å². The zero-order chi connectivity index (χ0) is 60.5. The second-order valence-electron chi connectivity index (χ2n) is 23.5. The third-order valence-electron chi connectivity index (χ3n) is 16.4. The average molecular weight is 1190 g/mol. The van der Waals surface area contributed by atoms with E-state index in [9.17, 15) is 61.0 Å². The first kappa shape index (κ1) is 75.3. The van der Waals surface area contributed by atoms with Gasteiger partial charge in [-0.15, -0.1) is 0 Å². The van der Waals surface area contributed by atoms with E-state index in [0.717, 1.165) is 44.9 Å². The summed E-state index contributed by atoms with van der Waals surface area (Å²) in [5, 5.41) is 120. The molecule has 1 amide bonds. The average Bonchev–Trinajstić information content (AvgIpc) is 3.68. The molecular formula is C64H117NO18. The van der Waals surface area contributed by atoms with Gasteiger partial charge in [0.15, 0.2) is 18.9 Å².